The number of carbonyl (C=O) groups is 1. The minimum absolute atomic E-state index is 0.0619. The number of amides is 1. The van der Waals surface area contributed by atoms with Gasteiger partial charge in [0.15, 0.2) is 0 Å². The normalized spacial score (nSPS) is 18.7. The fourth-order valence-electron chi connectivity index (χ4n) is 3.57. The van der Waals surface area contributed by atoms with Crippen molar-refractivity contribution in [2.75, 3.05) is 26.3 Å². The molecule has 2 aromatic carbocycles. The van der Waals surface area contributed by atoms with Crippen molar-refractivity contribution in [3.8, 4) is 0 Å². The molecule has 9 heteroatoms. The van der Waals surface area contributed by atoms with Crippen molar-refractivity contribution in [3.05, 3.63) is 63.6 Å². The van der Waals surface area contributed by atoms with Crippen molar-refractivity contribution in [3.63, 3.8) is 0 Å². The second kappa shape index (κ2) is 8.85. The lowest BCUT2D eigenvalue weighted by Crippen LogP contribution is -2.40. The lowest BCUT2D eigenvalue weighted by Gasteiger charge is -2.26. The van der Waals surface area contributed by atoms with Gasteiger partial charge in [-0.3, -0.25) is 4.79 Å². The van der Waals surface area contributed by atoms with Crippen LogP contribution in [0, 0.1) is 5.92 Å². The van der Waals surface area contributed by atoms with Crippen molar-refractivity contribution in [1.29, 1.82) is 0 Å². The molecule has 0 radical (unpaired) electrons. The Morgan fingerprint density at radius 3 is 2.37 bits per heavy atom. The highest BCUT2D eigenvalue weighted by atomic mass is 35.5. The highest BCUT2D eigenvalue weighted by Gasteiger charge is 2.34. The van der Waals surface area contributed by atoms with Crippen molar-refractivity contribution >= 4 is 39.1 Å². The van der Waals surface area contributed by atoms with Crippen LogP contribution in [0.4, 0.5) is 0 Å². The summed E-state index contributed by atoms with van der Waals surface area (Å²) in [6.07, 6.45) is 2.07. The van der Waals surface area contributed by atoms with E-state index in [9.17, 15) is 13.2 Å². The van der Waals surface area contributed by atoms with E-state index >= 15 is 0 Å². The Morgan fingerprint density at radius 2 is 1.73 bits per heavy atom. The van der Waals surface area contributed by atoms with Gasteiger partial charge < -0.3 is 10.1 Å². The van der Waals surface area contributed by atoms with Crippen molar-refractivity contribution in [2.24, 2.45) is 5.92 Å². The standard InChI is InChI=1S/C21H22Cl2N2O4S/c22-17-6-3-15(4-7-17)20(14-1-2-14)24-21(26)16-5-8-18(23)19(13-16)30(27,28)25-9-11-29-12-10-25/h3-8,13-14,20H,1-2,9-12H2,(H,24,26)/t20-/m0/s1. The summed E-state index contributed by atoms with van der Waals surface area (Å²) in [5.74, 6) is 0.0240. The molecule has 0 spiro atoms. The van der Waals surface area contributed by atoms with Crippen LogP contribution in [0.3, 0.4) is 0 Å². The molecular weight excluding hydrogens is 447 g/mol. The summed E-state index contributed by atoms with van der Waals surface area (Å²) in [5, 5.41) is 3.78. The highest BCUT2D eigenvalue weighted by Crippen LogP contribution is 2.41. The third-order valence-corrected chi connectivity index (χ3v) is 8.02. The van der Waals surface area contributed by atoms with E-state index in [4.69, 9.17) is 27.9 Å². The van der Waals surface area contributed by atoms with E-state index in [0.717, 1.165) is 18.4 Å². The topological polar surface area (TPSA) is 75.7 Å². The molecule has 4 rings (SSSR count). The molecule has 0 aromatic heterocycles. The maximum absolute atomic E-state index is 13.0. The van der Waals surface area contributed by atoms with Gasteiger partial charge in [0.1, 0.15) is 4.90 Å². The minimum Gasteiger partial charge on any atom is -0.379 e. The number of hydrogen-bond acceptors (Lipinski definition) is 4. The predicted molar refractivity (Wildman–Crippen MR) is 115 cm³/mol. The summed E-state index contributed by atoms with van der Waals surface area (Å²) >= 11 is 12.2. The first-order valence-electron chi connectivity index (χ1n) is 9.80. The summed E-state index contributed by atoms with van der Waals surface area (Å²) in [6, 6.07) is 11.6. The molecule has 1 N–H and O–H groups in total. The van der Waals surface area contributed by atoms with Gasteiger partial charge in [-0.15, -0.1) is 0 Å². The predicted octanol–water partition coefficient (Wildman–Crippen LogP) is 3.90. The Balaban J connectivity index is 1.58. The number of morpholine rings is 1. The SMILES string of the molecule is O=C(N[C@H](c1ccc(Cl)cc1)C1CC1)c1ccc(Cl)c(S(=O)(=O)N2CCOCC2)c1. The molecule has 1 atom stereocenters. The summed E-state index contributed by atoms with van der Waals surface area (Å²) in [4.78, 5) is 12.9. The number of nitrogens with zero attached hydrogens (tertiary/aromatic N) is 1. The molecule has 2 fully saturated rings. The van der Waals surface area contributed by atoms with Crippen LogP contribution >= 0.6 is 23.2 Å². The zero-order valence-corrected chi connectivity index (χ0v) is 18.5. The van der Waals surface area contributed by atoms with Gasteiger partial charge >= 0.3 is 0 Å². The molecule has 1 amide bonds. The molecule has 1 aliphatic heterocycles. The van der Waals surface area contributed by atoms with E-state index in [-0.39, 0.29) is 40.5 Å². The van der Waals surface area contributed by atoms with E-state index < -0.39 is 10.0 Å². The largest absolute Gasteiger partial charge is 0.379 e. The molecule has 1 saturated carbocycles. The first-order chi connectivity index (χ1) is 14.4. The van der Waals surface area contributed by atoms with Crippen molar-refractivity contribution < 1.29 is 17.9 Å². The number of carbonyl (C=O) groups excluding carboxylic acids is 1. The molecule has 1 aliphatic carbocycles. The van der Waals surface area contributed by atoms with Gasteiger partial charge in [-0.2, -0.15) is 4.31 Å². The van der Waals surface area contributed by atoms with Gasteiger partial charge in [-0.25, -0.2) is 8.42 Å². The Morgan fingerprint density at radius 1 is 1.07 bits per heavy atom. The molecule has 160 valence electrons. The number of benzene rings is 2. The minimum atomic E-state index is -3.81. The van der Waals surface area contributed by atoms with Gasteiger partial charge in [0.05, 0.1) is 24.3 Å². The van der Waals surface area contributed by atoms with Crippen LogP contribution in [-0.2, 0) is 14.8 Å². The fourth-order valence-corrected chi connectivity index (χ4v) is 5.60. The van der Waals surface area contributed by atoms with E-state index in [1.165, 1.54) is 16.4 Å². The van der Waals surface area contributed by atoms with Crippen LogP contribution in [0.15, 0.2) is 47.4 Å². The molecule has 1 saturated heterocycles. The molecule has 6 nitrogen and oxygen atoms in total. The van der Waals surface area contributed by atoms with Gasteiger partial charge in [-0.1, -0.05) is 35.3 Å². The van der Waals surface area contributed by atoms with Crippen LogP contribution in [-0.4, -0.2) is 44.9 Å². The van der Waals surface area contributed by atoms with E-state index in [1.54, 1.807) is 18.2 Å². The zero-order chi connectivity index (χ0) is 21.3. The second-order valence-electron chi connectivity index (χ2n) is 7.50. The third kappa shape index (κ3) is 4.65. The summed E-state index contributed by atoms with van der Waals surface area (Å²) in [5.41, 5.74) is 1.23. The maximum Gasteiger partial charge on any atom is 0.251 e. The Kier molecular flexibility index (Phi) is 6.36. The summed E-state index contributed by atoms with van der Waals surface area (Å²) in [7, 11) is -3.81. The number of halogens is 2. The van der Waals surface area contributed by atoms with Gasteiger partial charge in [-0.05, 0) is 54.7 Å². The van der Waals surface area contributed by atoms with Crippen LogP contribution in [0.25, 0.3) is 0 Å². The Hall–Kier alpha value is -1.64. The van der Waals surface area contributed by atoms with Crippen LogP contribution in [0.1, 0.15) is 34.8 Å². The van der Waals surface area contributed by atoms with Crippen LogP contribution < -0.4 is 5.32 Å². The Bertz CT molecular complexity index is 1030. The maximum atomic E-state index is 13.0. The number of nitrogens with one attached hydrogen (secondary N) is 1. The smallest absolute Gasteiger partial charge is 0.251 e. The summed E-state index contributed by atoms with van der Waals surface area (Å²) in [6.45, 7) is 1.19. The highest BCUT2D eigenvalue weighted by molar-refractivity contribution is 7.89. The van der Waals surface area contributed by atoms with E-state index in [2.05, 4.69) is 5.32 Å². The van der Waals surface area contributed by atoms with E-state index in [1.807, 2.05) is 12.1 Å². The average Bonchev–Trinajstić information content (AvgIpc) is 3.58. The lowest BCUT2D eigenvalue weighted by molar-refractivity contribution is 0.0730. The number of sulfonamides is 1. The number of hydrogen-bond donors (Lipinski definition) is 1. The van der Waals surface area contributed by atoms with Crippen LogP contribution in [0.5, 0.6) is 0 Å². The molecule has 1 heterocycles. The lowest BCUT2D eigenvalue weighted by atomic mass is 10.0. The quantitative estimate of drug-likeness (QED) is 0.697. The van der Waals surface area contributed by atoms with Crippen molar-refractivity contribution in [2.45, 2.75) is 23.8 Å². The number of ether oxygens (including phenoxy) is 1. The molecule has 2 aliphatic rings. The zero-order valence-electron chi connectivity index (χ0n) is 16.2. The molecule has 0 unspecified atom stereocenters. The van der Waals surface area contributed by atoms with Crippen molar-refractivity contribution in [1.82, 2.24) is 9.62 Å². The van der Waals surface area contributed by atoms with Gasteiger partial charge in [0, 0.05) is 23.7 Å². The molecule has 30 heavy (non-hydrogen) atoms. The average molecular weight is 469 g/mol. The van der Waals surface area contributed by atoms with Gasteiger partial charge in [0.2, 0.25) is 10.0 Å². The molecule has 2 aromatic rings. The first-order valence-corrected chi connectivity index (χ1v) is 12.0. The Labute approximate surface area is 186 Å². The third-order valence-electron chi connectivity index (χ3n) is 5.39. The van der Waals surface area contributed by atoms with Crippen LogP contribution in [0.2, 0.25) is 10.0 Å². The number of rotatable bonds is 6. The van der Waals surface area contributed by atoms with E-state index in [0.29, 0.717) is 24.2 Å². The summed E-state index contributed by atoms with van der Waals surface area (Å²) < 4.78 is 32.6. The van der Waals surface area contributed by atoms with Gasteiger partial charge in [0.25, 0.3) is 5.91 Å². The first kappa shape index (κ1) is 21.6. The fraction of sp³-hybridized carbons (Fsp3) is 0.381. The monoisotopic (exact) mass is 468 g/mol. The second-order valence-corrected chi connectivity index (χ2v) is 10.3. The molecule has 0 bridgehead atoms. The molecular formula is C21H22Cl2N2O4S.